The summed E-state index contributed by atoms with van der Waals surface area (Å²) in [6, 6.07) is 0. The second kappa shape index (κ2) is 6.60. The van der Waals surface area contributed by atoms with Gasteiger partial charge in [0.15, 0.2) is 0 Å². The van der Waals surface area contributed by atoms with Gasteiger partial charge in [-0.25, -0.2) is 4.79 Å². The molecule has 1 aromatic heterocycles. The number of H-pyrrole nitrogens is 1. The van der Waals surface area contributed by atoms with Gasteiger partial charge in [0.2, 0.25) is 0 Å². The van der Waals surface area contributed by atoms with Crippen LogP contribution in [-0.4, -0.2) is 29.8 Å². The topological polar surface area (TPSA) is 102 Å². The maximum atomic E-state index is 11.8. The van der Waals surface area contributed by atoms with E-state index in [9.17, 15) is 9.59 Å². The van der Waals surface area contributed by atoms with Crippen molar-refractivity contribution in [3.63, 3.8) is 0 Å². The fourth-order valence-corrected chi connectivity index (χ4v) is 1.62. The van der Waals surface area contributed by atoms with E-state index in [0.29, 0.717) is 19.7 Å². The van der Waals surface area contributed by atoms with E-state index in [2.05, 4.69) is 31.1 Å². The molecule has 0 aromatic carbocycles. The average molecular weight is 284 g/mol. The Bertz CT molecular complexity index is 560. The Labute approximate surface area is 118 Å². The Balaban J connectivity index is 3.07. The lowest BCUT2D eigenvalue weighted by atomic mass is 9.90. The molecule has 0 unspecified atom stereocenters. The second-order valence-electron chi connectivity index (χ2n) is 5.54. The summed E-state index contributed by atoms with van der Waals surface area (Å²) < 4.78 is 6.23. The van der Waals surface area contributed by atoms with Crippen LogP contribution in [0.3, 0.4) is 0 Å². The smallest absolute Gasteiger partial charge is 0.330 e. The Kier molecular flexibility index (Phi) is 5.38. The molecule has 0 amide bonds. The van der Waals surface area contributed by atoms with Crippen molar-refractivity contribution in [1.29, 1.82) is 0 Å². The molecule has 7 heteroatoms. The van der Waals surface area contributed by atoms with Crippen LogP contribution in [0.25, 0.3) is 0 Å². The van der Waals surface area contributed by atoms with Gasteiger partial charge in [-0.05, 0) is 11.8 Å². The van der Waals surface area contributed by atoms with Crippen molar-refractivity contribution >= 4 is 11.5 Å². The molecular weight excluding hydrogens is 260 g/mol. The first-order valence-electron chi connectivity index (χ1n) is 6.68. The number of anilines is 2. The second-order valence-corrected chi connectivity index (χ2v) is 5.54. The predicted octanol–water partition coefficient (Wildman–Crippen LogP) is 0.613. The van der Waals surface area contributed by atoms with Gasteiger partial charge >= 0.3 is 5.69 Å². The molecule has 1 rings (SSSR count). The number of methoxy groups -OCH3 is 1. The van der Waals surface area contributed by atoms with Gasteiger partial charge in [-0.1, -0.05) is 20.8 Å². The van der Waals surface area contributed by atoms with Crippen LogP contribution in [0.15, 0.2) is 9.59 Å². The predicted molar refractivity (Wildman–Crippen MR) is 80.2 cm³/mol. The minimum absolute atomic E-state index is 0.0341. The van der Waals surface area contributed by atoms with Crippen molar-refractivity contribution < 1.29 is 4.74 Å². The minimum Gasteiger partial charge on any atom is -0.383 e. The quantitative estimate of drug-likeness (QED) is 0.681. The monoisotopic (exact) mass is 284 g/mol. The molecule has 0 spiro atoms. The molecule has 1 aromatic rings. The molecule has 0 saturated heterocycles. The highest BCUT2D eigenvalue weighted by Gasteiger charge is 2.18. The highest BCUT2D eigenvalue weighted by atomic mass is 16.5. The van der Waals surface area contributed by atoms with Crippen LogP contribution in [0.5, 0.6) is 0 Å². The third kappa shape index (κ3) is 3.86. The van der Waals surface area contributed by atoms with E-state index in [4.69, 9.17) is 10.5 Å². The molecule has 0 aliphatic heterocycles. The van der Waals surface area contributed by atoms with Gasteiger partial charge in [0.25, 0.3) is 5.56 Å². The lowest BCUT2D eigenvalue weighted by Gasteiger charge is -2.24. The first-order chi connectivity index (χ1) is 9.32. The molecule has 0 aliphatic carbocycles. The zero-order valence-corrected chi connectivity index (χ0v) is 12.6. The third-order valence-electron chi connectivity index (χ3n) is 3.46. The molecule has 7 nitrogen and oxygen atoms in total. The van der Waals surface area contributed by atoms with Crippen molar-refractivity contribution in [3.05, 3.63) is 20.8 Å². The summed E-state index contributed by atoms with van der Waals surface area (Å²) >= 11 is 0. The van der Waals surface area contributed by atoms with Crippen LogP contribution in [0.4, 0.5) is 11.5 Å². The maximum Gasteiger partial charge on any atom is 0.330 e. The van der Waals surface area contributed by atoms with Crippen LogP contribution >= 0.6 is 0 Å². The number of nitrogens with one attached hydrogen (secondary N) is 2. The number of hydrogen-bond donors (Lipinski definition) is 3. The molecule has 4 N–H and O–H groups in total. The number of nitrogens with zero attached hydrogens (tertiary/aromatic N) is 1. The molecule has 0 saturated carbocycles. The minimum atomic E-state index is -0.523. The van der Waals surface area contributed by atoms with Crippen LogP contribution in [-0.2, 0) is 11.3 Å². The Hall–Kier alpha value is -1.76. The Morgan fingerprint density at radius 1 is 1.40 bits per heavy atom. The van der Waals surface area contributed by atoms with Crippen molar-refractivity contribution in [2.24, 2.45) is 5.41 Å². The number of nitrogen functional groups attached to an aromatic ring is 1. The molecule has 0 aliphatic rings. The van der Waals surface area contributed by atoms with E-state index in [0.717, 1.165) is 6.42 Å². The summed E-state index contributed by atoms with van der Waals surface area (Å²) in [5.41, 5.74) is 5.18. The van der Waals surface area contributed by atoms with Crippen LogP contribution in [0.2, 0.25) is 0 Å². The summed E-state index contributed by atoms with van der Waals surface area (Å²) in [6.45, 7) is 7.49. The first-order valence-corrected chi connectivity index (χ1v) is 6.68. The highest BCUT2D eigenvalue weighted by molar-refractivity contribution is 5.60. The molecule has 0 radical (unpaired) electrons. The average Bonchev–Trinajstić information content (AvgIpc) is 2.38. The van der Waals surface area contributed by atoms with E-state index in [1.165, 1.54) is 11.7 Å². The van der Waals surface area contributed by atoms with Gasteiger partial charge in [0.1, 0.15) is 11.5 Å². The molecule has 0 bridgehead atoms. The molecule has 1 heterocycles. The standard InChI is InChI=1S/C13H24N4O3/c1-5-13(2,3)8-15-9-10(14)17(6-7-20-4)12(19)16-11(9)18/h15H,5-8,14H2,1-4H3,(H,16,18,19). The van der Waals surface area contributed by atoms with Gasteiger partial charge in [-0.15, -0.1) is 0 Å². The Morgan fingerprint density at radius 3 is 2.60 bits per heavy atom. The summed E-state index contributed by atoms with van der Waals surface area (Å²) in [5, 5.41) is 3.05. The summed E-state index contributed by atoms with van der Waals surface area (Å²) in [6.07, 6.45) is 0.959. The molecular formula is C13H24N4O3. The van der Waals surface area contributed by atoms with Gasteiger partial charge in [-0.3, -0.25) is 14.3 Å². The molecule has 20 heavy (non-hydrogen) atoms. The number of aromatic amines is 1. The third-order valence-corrected chi connectivity index (χ3v) is 3.46. The maximum absolute atomic E-state index is 11.8. The summed E-state index contributed by atoms with van der Waals surface area (Å²) in [5.74, 6) is 0.141. The SMILES string of the molecule is CCC(C)(C)CNc1c(N)n(CCOC)c(=O)[nH]c1=O. The zero-order valence-electron chi connectivity index (χ0n) is 12.6. The summed E-state index contributed by atoms with van der Waals surface area (Å²) in [4.78, 5) is 25.8. The molecule has 0 atom stereocenters. The number of hydrogen-bond acceptors (Lipinski definition) is 5. The Morgan fingerprint density at radius 2 is 2.05 bits per heavy atom. The fraction of sp³-hybridized carbons (Fsp3) is 0.692. The normalized spacial score (nSPS) is 11.6. The largest absolute Gasteiger partial charge is 0.383 e. The van der Waals surface area contributed by atoms with Gasteiger partial charge < -0.3 is 15.8 Å². The van der Waals surface area contributed by atoms with E-state index >= 15 is 0 Å². The number of rotatable bonds is 7. The first kappa shape index (κ1) is 16.3. The van der Waals surface area contributed by atoms with Crippen LogP contribution < -0.4 is 22.3 Å². The van der Waals surface area contributed by atoms with Crippen LogP contribution in [0.1, 0.15) is 27.2 Å². The van der Waals surface area contributed by atoms with Crippen molar-refractivity contribution in [2.45, 2.75) is 33.7 Å². The fourth-order valence-electron chi connectivity index (χ4n) is 1.62. The highest BCUT2D eigenvalue weighted by Crippen LogP contribution is 2.21. The van der Waals surface area contributed by atoms with E-state index < -0.39 is 11.2 Å². The van der Waals surface area contributed by atoms with E-state index in [1.54, 1.807) is 0 Å². The van der Waals surface area contributed by atoms with Crippen LogP contribution in [0, 0.1) is 5.41 Å². The number of nitrogens with two attached hydrogens (primary N) is 1. The lowest BCUT2D eigenvalue weighted by molar-refractivity contribution is 0.186. The van der Waals surface area contributed by atoms with E-state index in [1.807, 2.05) is 0 Å². The van der Waals surface area contributed by atoms with Gasteiger partial charge in [0.05, 0.1) is 13.2 Å². The molecule has 0 fully saturated rings. The van der Waals surface area contributed by atoms with E-state index in [-0.39, 0.29) is 16.9 Å². The van der Waals surface area contributed by atoms with Crippen molar-refractivity contribution in [1.82, 2.24) is 9.55 Å². The number of ether oxygens (including phenoxy) is 1. The van der Waals surface area contributed by atoms with Gasteiger partial charge in [-0.2, -0.15) is 0 Å². The van der Waals surface area contributed by atoms with Crippen molar-refractivity contribution in [2.75, 3.05) is 31.3 Å². The molecule has 114 valence electrons. The number of aromatic nitrogens is 2. The van der Waals surface area contributed by atoms with Gasteiger partial charge in [0, 0.05) is 13.7 Å². The summed E-state index contributed by atoms with van der Waals surface area (Å²) in [7, 11) is 1.54. The zero-order chi connectivity index (χ0) is 15.3. The van der Waals surface area contributed by atoms with Crippen molar-refractivity contribution in [3.8, 4) is 0 Å². The lowest BCUT2D eigenvalue weighted by Crippen LogP contribution is -2.36.